The molecule has 0 saturated heterocycles. The van der Waals surface area contributed by atoms with Crippen molar-refractivity contribution in [2.75, 3.05) is 20.6 Å². The molecule has 2 unspecified atom stereocenters. The van der Waals surface area contributed by atoms with Gasteiger partial charge in [0.2, 0.25) is 5.91 Å². The van der Waals surface area contributed by atoms with E-state index in [0.717, 1.165) is 18.6 Å². The van der Waals surface area contributed by atoms with Gasteiger partial charge in [0, 0.05) is 20.1 Å². The first-order chi connectivity index (χ1) is 11.7. The summed E-state index contributed by atoms with van der Waals surface area (Å²) in [5.41, 5.74) is -0.236. The van der Waals surface area contributed by atoms with Gasteiger partial charge in [-0.05, 0) is 30.0 Å². The molecule has 146 valence electrons. The summed E-state index contributed by atoms with van der Waals surface area (Å²) in [6.45, 7) is 2.26. The number of benzene rings is 1. The Morgan fingerprint density at radius 3 is 2.54 bits per heavy atom. The van der Waals surface area contributed by atoms with Crippen LogP contribution in [0.4, 0.5) is 13.2 Å². The lowest BCUT2D eigenvalue weighted by atomic mass is 10.1. The zero-order chi connectivity index (χ0) is 18.6. The van der Waals surface area contributed by atoms with Gasteiger partial charge in [0.15, 0.2) is 5.96 Å². The van der Waals surface area contributed by atoms with Gasteiger partial charge in [0.05, 0.1) is 18.7 Å². The van der Waals surface area contributed by atoms with Crippen molar-refractivity contribution in [3.05, 3.63) is 35.4 Å². The maximum Gasteiger partial charge on any atom is 0.416 e. The lowest BCUT2D eigenvalue weighted by Gasteiger charge is -2.15. The van der Waals surface area contributed by atoms with Gasteiger partial charge in [-0.15, -0.1) is 24.0 Å². The van der Waals surface area contributed by atoms with E-state index in [1.807, 2.05) is 0 Å². The Hall–Kier alpha value is -1.52. The Morgan fingerprint density at radius 2 is 2.00 bits per heavy atom. The van der Waals surface area contributed by atoms with Gasteiger partial charge in [-0.25, -0.2) is 4.99 Å². The summed E-state index contributed by atoms with van der Waals surface area (Å²) in [7, 11) is 3.31. The van der Waals surface area contributed by atoms with Crippen molar-refractivity contribution in [3.8, 4) is 0 Å². The van der Waals surface area contributed by atoms with Crippen molar-refractivity contribution < 1.29 is 18.0 Å². The standard InChI is InChI=1S/C17H23F3N4O.HI/c1-11-7-14(11)23-16(22-10-15(25)24(2)3)21-9-12-5-4-6-13(8-12)17(18,19)20;/h4-6,8,11,14H,7,9-10H2,1-3H3,(H2,21,22,23);1H. The third kappa shape index (κ3) is 7.00. The van der Waals surface area contributed by atoms with Gasteiger partial charge in [-0.2, -0.15) is 13.2 Å². The summed E-state index contributed by atoms with van der Waals surface area (Å²) in [6.07, 6.45) is -3.37. The third-order valence-electron chi connectivity index (χ3n) is 4.01. The molecule has 0 bridgehead atoms. The van der Waals surface area contributed by atoms with Crippen LogP contribution in [0.1, 0.15) is 24.5 Å². The van der Waals surface area contributed by atoms with E-state index < -0.39 is 11.7 Å². The van der Waals surface area contributed by atoms with Crippen molar-refractivity contribution in [1.82, 2.24) is 15.5 Å². The highest BCUT2D eigenvalue weighted by atomic mass is 127. The number of alkyl halides is 3. The van der Waals surface area contributed by atoms with Gasteiger partial charge in [-0.1, -0.05) is 19.1 Å². The van der Waals surface area contributed by atoms with Gasteiger partial charge in [0.1, 0.15) is 0 Å². The molecule has 9 heteroatoms. The monoisotopic (exact) mass is 484 g/mol. The molecule has 0 spiro atoms. The first-order valence-corrected chi connectivity index (χ1v) is 8.08. The molecule has 0 aromatic heterocycles. The molecular weight excluding hydrogens is 460 g/mol. The number of nitrogens with one attached hydrogen (secondary N) is 2. The molecule has 1 aliphatic carbocycles. The molecule has 2 N–H and O–H groups in total. The van der Waals surface area contributed by atoms with E-state index in [2.05, 4.69) is 22.5 Å². The quantitative estimate of drug-likeness (QED) is 0.384. The van der Waals surface area contributed by atoms with Crippen molar-refractivity contribution in [2.45, 2.75) is 32.1 Å². The van der Waals surface area contributed by atoms with E-state index in [1.54, 1.807) is 20.2 Å². The van der Waals surface area contributed by atoms with Crippen molar-refractivity contribution in [2.24, 2.45) is 10.9 Å². The lowest BCUT2D eigenvalue weighted by Crippen LogP contribution is -2.44. The second-order valence-electron chi connectivity index (χ2n) is 6.47. The predicted molar refractivity (Wildman–Crippen MR) is 105 cm³/mol. The zero-order valence-corrected chi connectivity index (χ0v) is 17.3. The largest absolute Gasteiger partial charge is 0.416 e. The lowest BCUT2D eigenvalue weighted by molar-refractivity contribution is -0.137. The summed E-state index contributed by atoms with van der Waals surface area (Å²) in [5, 5.41) is 6.13. The molecule has 1 saturated carbocycles. The topological polar surface area (TPSA) is 56.7 Å². The van der Waals surface area contributed by atoms with Crippen LogP contribution in [0.25, 0.3) is 0 Å². The van der Waals surface area contributed by atoms with E-state index in [9.17, 15) is 18.0 Å². The molecule has 1 fully saturated rings. The van der Waals surface area contributed by atoms with E-state index >= 15 is 0 Å². The number of carbonyl (C=O) groups is 1. The molecule has 1 amide bonds. The molecule has 0 heterocycles. The Bertz CT molecular complexity index is 649. The first kappa shape index (κ1) is 22.5. The fourth-order valence-corrected chi connectivity index (χ4v) is 2.19. The summed E-state index contributed by atoms with van der Waals surface area (Å²) >= 11 is 0. The second kappa shape index (κ2) is 9.43. The van der Waals surface area contributed by atoms with E-state index in [1.165, 1.54) is 11.0 Å². The van der Waals surface area contributed by atoms with Crippen molar-refractivity contribution >= 4 is 35.8 Å². The van der Waals surface area contributed by atoms with Gasteiger partial charge in [-0.3, -0.25) is 4.79 Å². The molecule has 1 aromatic carbocycles. The van der Waals surface area contributed by atoms with Gasteiger partial charge < -0.3 is 15.5 Å². The molecule has 1 aromatic rings. The highest BCUT2D eigenvalue weighted by Crippen LogP contribution is 2.30. The van der Waals surface area contributed by atoms with Gasteiger partial charge in [0.25, 0.3) is 0 Å². The normalized spacial score (nSPS) is 19.4. The van der Waals surface area contributed by atoms with Crippen LogP contribution in [0, 0.1) is 5.92 Å². The fraction of sp³-hybridized carbons (Fsp3) is 0.529. The number of halogens is 4. The molecule has 0 aliphatic heterocycles. The van der Waals surface area contributed by atoms with Crippen LogP contribution < -0.4 is 10.6 Å². The predicted octanol–water partition coefficient (Wildman–Crippen LogP) is 2.86. The Labute approximate surface area is 168 Å². The van der Waals surface area contributed by atoms with Gasteiger partial charge >= 0.3 is 6.18 Å². The number of hydrogen-bond donors (Lipinski definition) is 2. The number of guanidine groups is 1. The first-order valence-electron chi connectivity index (χ1n) is 8.08. The van der Waals surface area contributed by atoms with Crippen LogP contribution >= 0.6 is 24.0 Å². The Morgan fingerprint density at radius 1 is 1.35 bits per heavy atom. The number of likely N-dealkylation sites (N-methyl/N-ethyl adjacent to an activating group) is 1. The molecule has 26 heavy (non-hydrogen) atoms. The minimum absolute atomic E-state index is 0. The highest BCUT2D eigenvalue weighted by molar-refractivity contribution is 14.0. The van der Waals surface area contributed by atoms with Crippen LogP contribution in [0.5, 0.6) is 0 Å². The number of carbonyl (C=O) groups excluding carboxylic acids is 1. The molecule has 5 nitrogen and oxygen atoms in total. The van der Waals surface area contributed by atoms with E-state index in [4.69, 9.17) is 0 Å². The van der Waals surface area contributed by atoms with E-state index in [-0.39, 0.29) is 49.0 Å². The average molecular weight is 484 g/mol. The van der Waals surface area contributed by atoms with Crippen molar-refractivity contribution in [3.63, 3.8) is 0 Å². The smallest absolute Gasteiger partial charge is 0.353 e. The molecular formula is C17H24F3IN4O. The SMILES string of the molecule is CC1CC1NC(=NCc1cccc(C(F)(F)F)c1)NCC(=O)N(C)C.I. The summed E-state index contributed by atoms with van der Waals surface area (Å²) in [5.74, 6) is 0.837. The summed E-state index contributed by atoms with van der Waals surface area (Å²) < 4.78 is 38.3. The fourth-order valence-electron chi connectivity index (χ4n) is 2.19. The van der Waals surface area contributed by atoms with Crippen LogP contribution in [0.15, 0.2) is 29.3 Å². The maximum atomic E-state index is 12.8. The number of aliphatic imine (C=N–C) groups is 1. The molecule has 2 rings (SSSR count). The number of rotatable bonds is 5. The van der Waals surface area contributed by atoms with Crippen LogP contribution in [0.3, 0.4) is 0 Å². The second-order valence-corrected chi connectivity index (χ2v) is 6.47. The summed E-state index contributed by atoms with van der Waals surface area (Å²) in [4.78, 5) is 17.5. The Kier molecular flexibility index (Phi) is 8.16. The molecule has 2 atom stereocenters. The third-order valence-corrected chi connectivity index (χ3v) is 4.01. The number of hydrogen-bond acceptors (Lipinski definition) is 2. The number of nitrogens with zero attached hydrogens (tertiary/aromatic N) is 2. The zero-order valence-electron chi connectivity index (χ0n) is 14.9. The maximum absolute atomic E-state index is 12.8. The van der Waals surface area contributed by atoms with E-state index in [0.29, 0.717) is 17.4 Å². The van der Waals surface area contributed by atoms with Crippen molar-refractivity contribution in [1.29, 1.82) is 0 Å². The minimum Gasteiger partial charge on any atom is -0.353 e. The average Bonchev–Trinajstić information content (AvgIpc) is 3.24. The Balaban J connectivity index is 0.00000338. The highest BCUT2D eigenvalue weighted by Gasteiger charge is 2.33. The van der Waals surface area contributed by atoms with Crippen LogP contribution in [-0.2, 0) is 17.5 Å². The van der Waals surface area contributed by atoms with Crippen LogP contribution in [-0.4, -0.2) is 43.4 Å². The van der Waals surface area contributed by atoms with Crippen LogP contribution in [0.2, 0.25) is 0 Å². The molecule has 0 radical (unpaired) electrons. The number of amides is 1. The summed E-state index contributed by atoms with van der Waals surface area (Å²) in [6, 6.07) is 5.37. The minimum atomic E-state index is -4.37. The molecule has 1 aliphatic rings.